The van der Waals surface area contributed by atoms with E-state index in [1.54, 1.807) is 10.7 Å². The first-order valence-corrected chi connectivity index (χ1v) is 12.8. The number of aromatic carboxylic acids is 1. The molecule has 7 nitrogen and oxygen atoms in total. The lowest BCUT2D eigenvalue weighted by molar-refractivity contribution is 0.0553. The van der Waals surface area contributed by atoms with Crippen LogP contribution in [0.4, 0.5) is 5.69 Å². The van der Waals surface area contributed by atoms with Crippen LogP contribution in [0.5, 0.6) is 0 Å². The molecule has 0 amide bonds. The van der Waals surface area contributed by atoms with E-state index in [-0.39, 0.29) is 11.8 Å². The molecule has 2 aromatic heterocycles. The van der Waals surface area contributed by atoms with Gasteiger partial charge in [0.2, 0.25) is 0 Å². The summed E-state index contributed by atoms with van der Waals surface area (Å²) in [6.45, 7) is 4.34. The molecule has 0 bridgehead atoms. The molecule has 0 radical (unpaired) electrons. The number of anilines is 1. The highest BCUT2D eigenvalue weighted by molar-refractivity contribution is 6.00. The predicted molar refractivity (Wildman–Crippen MR) is 148 cm³/mol. The van der Waals surface area contributed by atoms with Crippen LogP contribution in [0.1, 0.15) is 28.2 Å². The average Bonchev–Trinajstić information content (AvgIpc) is 3.57. The molecular formula is C31H28N4O3. The lowest BCUT2D eigenvalue weighted by Gasteiger charge is -2.19. The second-order valence-electron chi connectivity index (χ2n) is 9.59. The number of pyridine rings is 1. The van der Waals surface area contributed by atoms with Crippen molar-refractivity contribution in [3.05, 3.63) is 108 Å². The van der Waals surface area contributed by atoms with Gasteiger partial charge in [-0.2, -0.15) is 5.10 Å². The second kappa shape index (κ2) is 10.1. The Morgan fingerprint density at radius 3 is 2.39 bits per heavy atom. The highest BCUT2D eigenvalue weighted by atomic mass is 16.5. The minimum absolute atomic E-state index is 0.00777. The minimum atomic E-state index is -1.07. The van der Waals surface area contributed by atoms with Crippen LogP contribution < -0.4 is 4.90 Å². The first kappa shape index (κ1) is 23.9. The number of benzene rings is 3. The lowest BCUT2D eigenvalue weighted by atomic mass is 10.0. The molecule has 0 saturated carbocycles. The zero-order valence-corrected chi connectivity index (χ0v) is 21.1. The summed E-state index contributed by atoms with van der Waals surface area (Å²) in [7, 11) is 0. The Hall–Kier alpha value is -4.49. The largest absolute Gasteiger partial charge is 0.477 e. The summed E-state index contributed by atoms with van der Waals surface area (Å²) in [5, 5.41) is 15.4. The maximum atomic E-state index is 12.0. The third-order valence-electron chi connectivity index (χ3n) is 7.05. The van der Waals surface area contributed by atoms with E-state index in [4.69, 9.17) is 9.84 Å². The van der Waals surface area contributed by atoms with Crippen molar-refractivity contribution in [2.24, 2.45) is 0 Å². The third kappa shape index (κ3) is 4.64. The van der Waals surface area contributed by atoms with E-state index in [0.717, 1.165) is 53.1 Å². The van der Waals surface area contributed by atoms with Gasteiger partial charge in [0, 0.05) is 18.8 Å². The number of nitrogens with zero attached hydrogens (tertiary/aromatic N) is 4. The molecule has 3 heterocycles. The van der Waals surface area contributed by atoms with Crippen molar-refractivity contribution in [3.63, 3.8) is 0 Å². The van der Waals surface area contributed by atoms with Crippen LogP contribution in [0, 0.1) is 6.92 Å². The monoisotopic (exact) mass is 504 g/mol. The quantitative estimate of drug-likeness (QED) is 0.298. The van der Waals surface area contributed by atoms with E-state index in [2.05, 4.69) is 34.1 Å². The molecule has 1 aliphatic rings. The van der Waals surface area contributed by atoms with Crippen LogP contribution >= 0.6 is 0 Å². The number of hydrogen-bond acceptors (Lipinski definition) is 5. The van der Waals surface area contributed by atoms with E-state index in [1.807, 2.05) is 67.6 Å². The van der Waals surface area contributed by atoms with Crippen molar-refractivity contribution in [3.8, 4) is 16.8 Å². The lowest BCUT2D eigenvalue weighted by Crippen LogP contribution is -2.22. The normalized spacial score (nSPS) is 15.3. The average molecular weight is 505 g/mol. The zero-order chi connectivity index (χ0) is 26.1. The van der Waals surface area contributed by atoms with Crippen LogP contribution in [-0.2, 0) is 11.3 Å². The van der Waals surface area contributed by atoms with Gasteiger partial charge in [-0.15, -0.1) is 0 Å². The van der Waals surface area contributed by atoms with Gasteiger partial charge in [0.25, 0.3) is 0 Å². The number of para-hydroxylation sites is 1. The SMILES string of the molecule is Cc1nn(-c2ccccc2)c2nc(C(=O)O)cc(-c3ccc(N4CCC(OCc5ccccc5)C4)cc3)c12. The number of rotatable bonds is 7. The van der Waals surface area contributed by atoms with E-state index in [9.17, 15) is 9.90 Å². The zero-order valence-electron chi connectivity index (χ0n) is 21.1. The third-order valence-corrected chi connectivity index (χ3v) is 7.05. The Morgan fingerprint density at radius 1 is 0.974 bits per heavy atom. The first-order chi connectivity index (χ1) is 18.6. The van der Waals surface area contributed by atoms with Crippen LogP contribution in [0.25, 0.3) is 27.8 Å². The molecule has 0 spiro atoms. The van der Waals surface area contributed by atoms with Gasteiger partial charge >= 0.3 is 5.97 Å². The molecule has 1 unspecified atom stereocenters. The van der Waals surface area contributed by atoms with Gasteiger partial charge in [-0.05, 0) is 60.4 Å². The summed E-state index contributed by atoms with van der Waals surface area (Å²) in [6.07, 6.45) is 1.18. The van der Waals surface area contributed by atoms with Gasteiger partial charge in [0.1, 0.15) is 0 Å². The number of carbonyl (C=O) groups is 1. The Morgan fingerprint density at radius 2 is 1.68 bits per heavy atom. The highest BCUT2D eigenvalue weighted by Crippen LogP contribution is 2.34. The van der Waals surface area contributed by atoms with E-state index >= 15 is 0 Å². The number of aromatic nitrogens is 3. The van der Waals surface area contributed by atoms with Crippen LogP contribution in [0.3, 0.4) is 0 Å². The molecule has 1 N–H and O–H groups in total. The number of ether oxygens (including phenoxy) is 1. The van der Waals surface area contributed by atoms with Gasteiger partial charge < -0.3 is 14.7 Å². The molecule has 3 aromatic carbocycles. The molecule has 190 valence electrons. The fourth-order valence-corrected chi connectivity index (χ4v) is 5.11. The van der Waals surface area contributed by atoms with Crippen molar-refractivity contribution in [2.75, 3.05) is 18.0 Å². The predicted octanol–water partition coefficient (Wildman–Crippen LogP) is 5.89. The van der Waals surface area contributed by atoms with Crippen LogP contribution in [-0.4, -0.2) is 45.0 Å². The van der Waals surface area contributed by atoms with Gasteiger partial charge in [-0.3, -0.25) is 0 Å². The summed E-state index contributed by atoms with van der Waals surface area (Å²) in [4.78, 5) is 18.8. The fraction of sp³-hybridized carbons (Fsp3) is 0.194. The van der Waals surface area contributed by atoms with E-state index in [0.29, 0.717) is 12.3 Å². The Balaban J connectivity index is 1.28. The topological polar surface area (TPSA) is 80.5 Å². The number of hydrogen-bond donors (Lipinski definition) is 1. The Labute approximate surface area is 220 Å². The molecule has 6 rings (SSSR count). The van der Waals surface area contributed by atoms with Gasteiger partial charge in [0.15, 0.2) is 11.3 Å². The summed E-state index contributed by atoms with van der Waals surface area (Å²) in [5.74, 6) is -1.07. The molecule has 1 fully saturated rings. The smallest absolute Gasteiger partial charge is 0.354 e. The first-order valence-electron chi connectivity index (χ1n) is 12.8. The summed E-state index contributed by atoms with van der Waals surface area (Å²) in [6, 6.07) is 29.8. The Bertz CT molecular complexity index is 1580. The molecule has 5 aromatic rings. The van der Waals surface area contributed by atoms with Gasteiger partial charge in [-0.25, -0.2) is 14.5 Å². The van der Waals surface area contributed by atoms with Crippen LogP contribution in [0.2, 0.25) is 0 Å². The molecule has 0 aliphatic carbocycles. The van der Waals surface area contributed by atoms with Crippen LogP contribution in [0.15, 0.2) is 91.0 Å². The molecule has 1 atom stereocenters. The molecule has 7 heteroatoms. The van der Waals surface area contributed by atoms with Crippen molar-refractivity contribution in [1.82, 2.24) is 14.8 Å². The standard InChI is InChI=1S/C31H28N4O3/c1-21-29-27(18-28(31(36)37)32-30(29)35(33-21)25-10-6-3-7-11-25)23-12-14-24(15-13-23)34-17-16-26(19-34)38-20-22-8-4-2-5-9-22/h2-15,18,26H,16-17,19-20H2,1H3,(H,36,37). The Kier molecular flexibility index (Phi) is 6.35. The van der Waals surface area contributed by atoms with Crippen molar-refractivity contribution in [1.29, 1.82) is 0 Å². The van der Waals surface area contributed by atoms with E-state index in [1.165, 1.54) is 5.56 Å². The second-order valence-corrected chi connectivity index (χ2v) is 9.59. The van der Waals surface area contributed by atoms with Crippen molar-refractivity contribution >= 4 is 22.7 Å². The highest BCUT2D eigenvalue weighted by Gasteiger charge is 2.24. The number of aryl methyl sites for hydroxylation is 1. The fourth-order valence-electron chi connectivity index (χ4n) is 5.11. The summed E-state index contributed by atoms with van der Waals surface area (Å²) < 4.78 is 7.87. The molecule has 38 heavy (non-hydrogen) atoms. The summed E-state index contributed by atoms with van der Waals surface area (Å²) in [5.41, 5.74) is 6.20. The maximum absolute atomic E-state index is 12.0. The van der Waals surface area contributed by atoms with E-state index < -0.39 is 5.97 Å². The van der Waals surface area contributed by atoms with Gasteiger partial charge in [0.05, 0.1) is 29.5 Å². The number of carboxylic acid groups (broad SMARTS) is 1. The van der Waals surface area contributed by atoms with Crippen molar-refractivity contribution < 1.29 is 14.6 Å². The van der Waals surface area contributed by atoms with Gasteiger partial charge in [-0.1, -0.05) is 60.7 Å². The minimum Gasteiger partial charge on any atom is -0.477 e. The molecule has 1 saturated heterocycles. The maximum Gasteiger partial charge on any atom is 0.354 e. The number of fused-ring (bicyclic) bond motifs is 1. The number of carboxylic acids is 1. The van der Waals surface area contributed by atoms with Crippen molar-refractivity contribution in [2.45, 2.75) is 26.1 Å². The molecular weight excluding hydrogens is 476 g/mol. The molecule has 1 aliphatic heterocycles. The summed E-state index contributed by atoms with van der Waals surface area (Å²) >= 11 is 0.